The maximum atomic E-state index is 14.2. The van der Waals surface area contributed by atoms with Gasteiger partial charge < -0.3 is 15.5 Å². The highest BCUT2D eigenvalue weighted by atomic mass is 19.1. The SMILES string of the molecule is CN=C(NCc1ccc(N(C)C)c(F)c1)NC1CCN(Cc2ccccc2)C(C)C1. The lowest BCUT2D eigenvalue weighted by Gasteiger charge is -2.38. The molecule has 2 unspecified atom stereocenters. The summed E-state index contributed by atoms with van der Waals surface area (Å²) >= 11 is 0. The highest BCUT2D eigenvalue weighted by Gasteiger charge is 2.25. The molecule has 1 aliphatic heterocycles. The second kappa shape index (κ2) is 10.4. The average Bonchev–Trinajstić information content (AvgIpc) is 2.73. The minimum Gasteiger partial charge on any atom is -0.375 e. The molecular formula is C24H34FN5. The van der Waals surface area contributed by atoms with Crippen LogP contribution in [0.1, 0.15) is 30.9 Å². The molecule has 0 amide bonds. The third kappa shape index (κ3) is 5.95. The van der Waals surface area contributed by atoms with Crippen molar-refractivity contribution in [2.45, 2.75) is 44.9 Å². The van der Waals surface area contributed by atoms with Gasteiger partial charge in [0.2, 0.25) is 0 Å². The van der Waals surface area contributed by atoms with Crippen LogP contribution in [-0.4, -0.2) is 50.6 Å². The summed E-state index contributed by atoms with van der Waals surface area (Å²) in [7, 11) is 5.46. The van der Waals surface area contributed by atoms with Gasteiger partial charge in [-0.05, 0) is 43.0 Å². The molecule has 6 heteroatoms. The Hall–Kier alpha value is -2.60. The molecule has 0 aliphatic carbocycles. The van der Waals surface area contributed by atoms with E-state index in [1.807, 2.05) is 26.2 Å². The van der Waals surface area contributed by atoms with Gasteiger partial charge in [-0.3, -0.25) is 9.89 Å². The van der Waals surface area contributed by atoms with Crippen molar-refractivity contribution in [2.24, 2.45) is 4.99 Å². The lowest BCUT2D eigenvalue weighted by molar-refractivity contribution is 0.134. The van der Waals surface area contributed by atoms with Crippen LogP contribution in [0.5, 0.6) is 0 Å². The number of rotatable bonds is 6. The van der Waals surface area contributed by atoms with Crippen LogP contribution >= 0.6 is 0 Å². The monoisotopic (exact) mass is 411 g/mol. The Bertz CT molecular complexity index is 837. The Morgan fingerprint density at radius 1 is 1.17 bits per heavy atom. The van der Waals surface area contributed by atoms with Crippen molar-refractivity contribution in [2.75, 3.05) is 32.6 Å². The molecule has 2 aromatic carbocycles. The highest BCUT2D eigenvalue weighted by Crippen LogP contribution is 2.20. The summed E-state index contributed by atoms with van der Waals surface area (Å²) in [5.41, 5.74) is 2.85. The summed E-state index contributed by atoms with van der Waals surface area (Å²) < 4.78 is 14.2. The van der Waals surface area contributed by atoms with Gasteiger partial charge in [-0.2, -0.15) is 0 Å². The van der Waals surface area contributed by atoms with Crippen molar-refractivity contribution in [1.29, 1.82) is 0 Å². The number of hydrogen-bond acceptors (Lipinski definition) is 3. The molecule has 30 heavy (non-hydrogen) atoms. The zero-order valence-corrected chi connectivity index (χ0v) is 18.5. The number of likely N-dealkylation sites (tertiary alicyclic amines) is 1. The van der Waals surface area contributed by atoms with E-state index < -0.39 is 0 Å². The molecule has 5 nitrogen and oxygen atoms in total. The minimum atomic E-state index is -0.207. The Kier molecular flexibility index (Phi) is 7.69. The molecule has 2 atom stereocenters. The summed E-state index contributed by atoms with van der Waals surface area (Å²) in [6, 6.07) is 16.9. The average molecular weight is 412 g/mol. The van der Waals surface area contributed by atoms with E-state index in [0.717, 1.165) is 37.5 Å². The number of benzene rings is 2. The van der Waals surface area contributed by atoms with Crippen molar-refractivity contribution >= 4 is 11.6 Å². The third-order valence-corrected chi connectivity index (χ3v) is 5.76. The number of aliphatic imine (C=N–C) groups is 1. The van der Waals surface area contributed by atoms with E-state index in [0.29, 0.717) is 24.3 Å². The normalized spacial score (nSPS) is 20.1. The molecule has 1 fully saturated rings. The highest BCUT2D eigenvalue weighted by molar-refractivity contribution is 5.80. The fourth-order valence-corrected chi connectivity index (χ4v) is 4.00. The van der Waals surface area contributed by atoms with Gasteiger partial charge in [-0.1, -0.05) is 36.4 Å². The van der Waals surface area contributed by atoms with Crippen LogP contribution in [0.4, 0.5) is 10.1 Å². The summed E-state index contributed by atoms with van der Waals surface area (Å²) in [4.78, 5) is 8.67. The van der Waals surface area contributed by atoms with Gasteiger partial charge in [0.05, 0.1) is 5.69 Å². The predicted octanol–water partition coefficient (Wildman–Crippen LogP) is 3.61. The Morgan fingerprint density at radius 2 is 1.93 bits per heavy atom. The van der Waals surface area contributed by atoms with E-state index >= 15 is 0 Å². The fraction of sp³-hybridized carbons (Fsp3) is 0.458. The topological polar surface area (TPSA) is 42.9 Å². The number of halogens is 1. The molecule has 2 N–H and O–H groups in total. The van der Waals surface area contributed by atoms with Crippen molar-refractivity contribution in [1.82, 2.24) is 15.5 Å². The molecule has 3 rings (SSSR count). The summed E-state index contributed by atoms with van der Waals surface area (Å²) in [6.45, 7) is 4.88. The molecule has 1 aliphatic rings. The van der Waals surface area contributed by atoms with Crippen molar-refractivity contribution in [3.05, 3.63) is 65.5 Å². The standard InChI is InChI=1S/C24H34FN5/c1-18-14-21(12-13-30(18)17-19-8-6-5-7-9-19)28-24(26-2)27-16-20-10-11-23(29(3)4)22(25)15-20/h5-11,15,18,21H,12-14,16-17H2,1-4H3,(H2,26,27,28). The first-order valence-corrected chi connectivity index (χ1v) is 10.7. The first-order chi connectivity index (χ1) is 14.5. The number of hydrogen-bond donors (Lipinski definition) is 2. The molecule has 0 radical (unpaired) electrons. The van der Waals surface area contributed by atoms with Gasteiger partial charge in [0.25, 0.3) is 0 Å². The van der Waals surface area contributed by atoms with Gasteiger partial charge in [0.15, 0.2) is 5.96 Å². The van der Waals surface area contributed by atoms with E-state index in [-0.39, 0.29) is 5.82 Å². The molecule has 0 spiro atoms. The molecule has 1 saturated heterocycles. The Balaban J connectivity index is 1.49. The predicted molar refractivity (Wildman–Crippen MR) is 123 cm³/mol. The Morgan fingerprint density at radius 3 is 2.57 bits per heavy atom. The van der Waals surface area contributed by atoms with Crippen LogP contribution in [0.2, 0.25) is 0 Å². The zero-order chi connectivity index (χ0) is 21.5. The van der Waals surface area contributed by atoms with Crippen LogP contribution in [0.3, 0.4) is 0 Å². The smallest absolute Gasteiger partial charge is 0.191 e. The van der Waals surface area contributed by atoms with Gasteiger partial charge in [-0.25, -0.2) is 4.39 Å². The van der Waals surface area contributed by atoms with E-state index in [4.69, 9.17) is 0 Å². The zero-order valence-electron chi connectivity index (χ0n) is 18.5. The first kappa shape index (κ1) is 22.1. The summed E-state index contributed by atoms with van der Waals surface area (Å²) in [6.07, 6.45) is 2.14. The molecule has 0 aromatic heterocycles. The van der Waals surface area contributed by atoms with Gasteiger partial charge in [0.1, 0.15) is 5.82 Å². The van der Waals surface area contributed by atoms with Crippen LogP contribution in [0, 0.1) is 5.82 Å². The molecule has 1 heterocycles. The van der Waals surface area contributed by atoms with Crippen molar-refractivity contribution < 1.29 is 4.39 Å². The second-order valence-electron chi connectivity index (χ2n) is 8.28. The molecule has 0 bridgehead atoms. The quantitative estimate of drug-likeness (QED) is 0.563. The molecule has 2 aromatic rings. The first-order valence-electron chi connectivity index (χ1n) is 10.7. The molecule has 162 valence electrons. The number of nitrogens with zero attached hydrogens (tertiary/aromatic N) is 3. The van der Waals surface area contributed by atoms with Gasteiger partial charge >= 0.3 is 0 Å². The van der Waals surface area contributed by atoms with Crippen LogP contribution < -0.4 is 15.5 Å². The van der Waals surface area contributed by atoms with Crippen LogP contribution in [-0.2, 0) is 13.1 Å². The molecular weight excluding hydrogens is 377 g/mol. The summed E-state index contributed by atoms with van der Waals surface area (Å²) in [5.74, 6) is 0.558. The van der Waals surface area contributed by atoms with E-state index in [1.54, 1.807) is 18.0 Å². The number of piperidine rings is 1. The van der Waals surface area contributed by atoms with Gasteiger partial charge in [-0.15, -0.1) is 0 Å². The largest absolute Gasteiger partial charge is 0.375 e. The van der Waals surface area contributed by atoms with E-state index in [1.165, 1.54) is 5.56 Å². The fourth-order valence-electron chi connectivity index (χ4n) is 4.00. The summed E-state index contributed by atoms with van der Waals surface area (Å²) in [5, 5.41) is 6.86. The van der Waals surface area contributed by atoms with Crippen molar-refractivity contribution in [3.63, 3.8) is 0 Å². The maximum Gasteiger partial charge on any atom is 0.191 e. The van der Waals surface area contributed by atoms with E-state index in [2.05, 4.69) is 57.8 Å². The maximum absolute atomic E-state index is 14.2. The van der Waals surface area contributed by atoms with Gasteiger partial charge in [0, 0.05) is 52.9 Å². The number of guanidine groups is 1. The number of anilines is 1. The minimum absolute atomic E-state index is 0.207. The lowest BCUT2D eigenvalue weighted by Crippen LogP contribution is -2.51. The van der Waals surface area contributed by atoms with E-state index in [9.17, 15) is 4.39 Å². The number of nitrogens with one attached hydrogen (secondary N) is 2. The van der Waals surface area contributed by atoms with Crippen LogP contribution in [0.15, 0.2) is 53.5 Å². The lowest BCUT2D eigenvalue weighted by atomic mass is 9.97. The molecule has 0 saturated carbocycles. The van der Waals surface area contributed by atoms with Crippen molar-refractivity contribution in [3.8, 4) is 0 Å². The second-order valence-corrected chi connectivity index (χ2v) is 8.28. The van der Waals surface area contributed by atoms with Crippen LogP contribution in [0.25, 0.3) is 0 Å². The third-order valence-electron chi connectivity index (χ3n) is 5.76. The Labute approximate surface area is 180 Å².